The van der Waals surface area contributed by atoms with Crippen molar-refractivity contribution in [2.75, 3.05) is 0 Å². The molecule has 1 amide bonds. The highest BCUT2D eigenvalue weighted by molar-refractivity contribution is 5.78. The van der Waals surface area contributed by atoms with Gasteiger partial charge in [-0.05, 0) is 68.4 Å². The predicted octanol–water partition coefficient (Wildman–Crippen LogP) is 1.88. The molecule has 0 radical (unpaired) electrons. The van der Waals surface area contributed by atoms with Gasteiger partial charge < -0.3 is 5.32 Å². The number of benzene rings is 1. The Bertz CT molecular complexity index is 868. The first-order chi connectivity index (χ1) is 12.1. The first-order valence-corrected chi connectivity index (χ1v) is 9.24. The Kier molecular flexibility index (Phi) is 3.24. The molecule has 0 atom stereocenters. The lowest BCUT2D eigenvalue weighted by Gasteiger charge is -2.56. The molecule has 1 aromatic carbocycles. The average molecular weight is 338 g/mol. The van der Waals surface area contributed by atoms with E-state index >= 15 is 0 Å². The van der Waals surface area contributed by atoms with Crippen molar-refractivity contribution >= 4 is 16.8 Å². The molecule has 1 heterocycles. The van der Waals surface area contributed by atoms with Crippen LogP contribution in [0.2, 0.25) is 0 Å². The predicted molar refractivity (Wildman–Crippen MR) is 92.8 cm³/mol. The molecule has 6 nitrogen and oxygen atoms in total. The summed E-state index contributed by atoms with van der Waals surface area (Å²) in [6, 6.07) is 7.09. The maximum atomic E-state index is 12.6. The second kappa shape index (κ2) is 5.38. The molecule has 4 aliphatic carbocycles. The molecule has 130 valence electrons. The van der Waals surface area contributed by atoms with Crippen LogP contribution in [0.3, 0.4) is 0 Å². The molecule has 6 heteroatoms. The summed E-state index contributed by atoms with van der Waals surface area (Å²) in [7, 11) is 0. The fraction of sp³-hybridized carbons (Fsp3) is 0.579. The summed E-state index contributed by atoms with van der Waals surface area (Å²) < 4.78 is 1.18. The summed E-state index contributed by atoms with van der Waals surface area (Å²) in [6.45, 7) is -0.0571. The van der Waals surface area contributed by atoms with Gasteiger partial charge in [0.15, 0.2) is 0 Å². The molecule has 2 aromatic rings. The number of fused-ring (bicyclic) bond motifs is 1. The number of amides is 1. The van der Waals surface area contributed by atoms with Crippen LogP contribution in [0.25, 0.3) is 10.9 Å². The van der Waals surface area contributed by atoms with E-state index in [0.29, 0.717) is 10.9 Å². The van der Waals surface area contributed by atoms with E-state index in [9.17, 15) is 9.59 Å². The van der Waals surface area contributed by atoms with Crippen LogP contribution in [-0.4, -0.2) is 26.4 Å². The Morgan fingerprint density at radius 2 is 1.76 bits per heavy atom. The Hall–Kier alpha value is -2.24. The van der Waals surface area contributed by atoms with E-state index in [1.807, 2.05) is 6.07 Å². The number of aromatic nitrogens is 3. The zero-order valence-corrected chi connectivity index (χ0v) is 14.1. The van der Waals surface area contributed by atoms with Gasteiger partial charge in [0.05, 0.1) is 5.39 Å². The van der Waals surface area contributed by atoms with E-state index in [2.05, 4.69) is 15.6 Å². The van der Waals surface area contributed by atoms with Gasteiger partial charge in [-0.1, -0.05) is 17.3 Å². The van der Waals surface area contributed by atoms with Crippen LogP contribution in [-0.2, 0) is 11.3 Å². The summed E-state index contributed by atoms with van der Waals surface area (Å²) in [4.78, 5) is 25.2. The van der Waals surface area contributed by atoms with Crippen molar-refractivity contribution in [3.8, 4) is 0 Å². The third-order valence-electron chi connectivity index (χ3n) is 6.37. The molecule has 0 saturated heterocycles. The van der Waals surface area contributed by atoms with Gasteiger partial charge in [0.1, 0.15) is 12.1 Å². The quantitative estimate of drug-likeness (QED) is 0.927. The zero-order chi connectivity index (χ0) is 17.0. The highest BCUT2D eigenvalue weighted by atomic mass is 16.2. The Morgan fingerprint density at radius 3 is 2.44 bits per heavy atom. The van der Waals surface area contributed by atoms with E-state index in [4.69, 9.17) is 0 Å². The van der Waals surface area contributed by atoms with Gasteiger partial charge in [-0.15, -0.1) is 5.10 Å². The zero-order valence-electron chi connectivity index (χ0n) is 14.1. The minimum Gasteiger partial charge on any atom is -0.349 e. The highest BCUT2D eigenvalue weighted by Crippen LogP contribution is 2.55. The number of carbonyl (C=O) groups excluding carboxylic acids is 1. The maximum Gasteiger partial charge on any atom is 0.278 e. The molecule has 25 heavy (non-hydrogen) atoms. The van der Waals surface area contributed by atoms with Crippen LogP contribution in [0.15, 0.2) is 29.1 Å². The monoisotopic (exact) mass is 338 g/mol. The molecule has 4 aliphatic rings. The van der Waals surface area contributed by atoms with Crippen molar-refractivity contribution in [1.82, 2.24) is 20.3 Å². The van der Waals surface area contributed by atoms with Crippen molar-refractivity contribution in [1.29, 1.82) is 0 Å². The molecule has 4 bridgehead atoms. The van der Waals surface area contributed by atoms with Crippen LogP contribution in [0.5, 0.6) is 0 Å². The third-order valence-corrected chi connectivity index (χ3v) is 6.37. The summed E-state index contributed by atoms with van der Waals surface area (Å²) in [5, 5.41) is 11.8. The van der Waals surface area contributed by atoms with Crippen molar-refractivity contribution in [3.63, 3.8) is 0 Å². The molecule has 0 unspecified atom stereocenters. The standard InChI is InChI=1S/C19H22N4O2/c24-17(11-23-18(25)15-3-1-2-4-16(15)21-22-23)20-19-8-12-5-13(9-19)7-14(6-12)10-19/h1-4,12-14H,5-11H2,(H,20,24). The lowest BCUT2D eigenvalue weighted by molar-refractivity contribution is -0.127. The average Bonchev–Trinajstić information content (AvgIpc) is 2.56. The van der Waals surface area contributed by atoms with Crippen LogP contribution in [0, 0.1) is 17.8 Å². The van der Waals surface area contributed by atoms with Gasteiger partial charge in [0, 0.05) is 5.54 Å². The molecule has 0 spiro atoms. The summed E-state index contributed by atoms with van der Waals surface area (Å²) >= 11 is 0. The fourth-order valence-corrected chi connectivity index (χ4v) is 5.86. The van der Waals surface area contributed by atoms with Crippen molar-refractivity contribution in [2.45, 2.75) is 50.6 Å². The maximum absolute atomic E-state index is 12.6. The van der Waals surface area contributed by atoms with Gasteiger partial charge in [-0.3, -0.25) is 9.59 Å². The Balaban J connectivity index is 1.36. The second-order valence-corrected chi connectivity index (χ2v) is 8.32. The third kappa shape index (κ3) is 2.55. The number of rotatable bonds is 3. The highest BCUT2D eigenvalue weighted by Gasteiger charge is 2.51. The lowest BCUT2D eigenvalue weighted by atomic mass is 9.53. The van der Waals surface area contributed by atoms with Gasteiger partial charge in [-0.2, -0.15) is 0 Å². The van der Waals surface area contributed by atoms with E-state index in [-0.39, 0.29) is 23.6 Å². The topological polar surface area (TPSA) is 76.9 Å². The molecule has 1 aromatic heterocycles. The van der Waals surface area contributed by atoms with Crippen molar-refractivity contribution in [2.24, 2.45) is 17.8 Å². The normalized spacial score (nSPS) is 32.9. The molecular weight excluding hydrogens is 316 g/mol. The van der Waals surface area contributed by atoms with Crippen molar-refractivity contribution < 1.29 is 4.79 Å². The smallest absolute Gasteiger partial charge is 0.278 e. The van der Waals surface area contributed by atoms with Gasteiger partial charge in [0.2, 0.25) is 5.91 Å². The van der Waals surface area contributed by atoms with Crippen LogP contribution < -0.4 is 10.9 Å². The van der Waals surface area contributed by atoms with Gasteiger partial charge in [0.25, 0.3) is 5.56 Å². The van der Waals surface area contributed by atoms with E-state index in [1.54, 1.807) is 18.2 Å². The van der Waals surface area contributed by atoms with Crippen LogP contribution >= 0.6 is 0 Å². The van der Waals surface area contributed by atoms with E-state index in [0.717, 1.165) is 37.0 Å². The van der Waals surface area contributed by atoms with Gasteiger partial charge >= 0.3 is 0 Å². The Labute approximate surface area is 145 Å². The summed E-state index contributed by atoms with van der Waals surface area (Å²) in [5.74, 6) is 2.20. The van der Waals surface area contributed by atoms with E-state index < -0.39 is 0 Å². The molecule has 0 aliphatic heterocycles. The number of carbonyl (C=O) groups is 1. The molecular formula is C19H22N4O2. The largest absolute Gasteiger partial charge is 0.349 e. The van der Waals surface area contributed by atoms with Crippen LogP contribution in [0.4, 0.5) is 0 Å². The molecule has 6 rings (SSSR count). The van der Waals surface area contributed by atoms with Crippen LogP contribution in [0.1, 0.15) is 38.5 Å². The SMILES string of the molecule is O=C(Cn1nnc2ccccc2c1=O)NC12CC3CC(CC(C3)C1)C2. The van der Waals surface area contributed by atoms with Gasteiger partial charge in [-0.25, -0.2) is 4.68 Å². The first kappa shape index (κ1) is 15.0. The van der Waals surface area contributed by atoms with Crippen molar-refractivity contribution in [3.05, 3.63) is 34.6 Å². The number of hydrogen-bond acceptors (Lipinski definition) is 4. The Morgan fingerprint density at radius 1 is 1.12 bits per heavy atom. The fourth-order valence-electron chi connectivity index (χ4n) is 5.86. The molecule has 1 N–H and O–H groups in total. The summed E-state index contributed by atoms with van der Waals surface area (Å²) in [5.41, 5.74) is 0.260. The molecule has 4 saturated carbocycles. The minimum atomic E-state index is -0.258. The number of nitrogens with zero attached hydrogens (tertiary/aromatic N) is 3. The second-order valence-electron chi connectivity index (χ2n) is 8.32. The molecule has 4 fully saturated rings. The summed E-state index contributed by atoms with van der Waals surface area (Å²) in [6.07, 6.45) is 7.31. The first-order valence-electron chi connectivity index (χ1n) is 9.24. The van der Waals surface area contributed by atoms with E-state index in [1.165, 1.54) is 23.9 Å². The minimum absolute atomic E-state index is 0.0419. The number of nitrogens with one attached hydrogen (secondary N) is 1. The lowest BCUT2D eigenvalue weighted by Crippen LogP contribution is -2.60. The number of hydrogen-bond donors (Lipinski definition) is 1.